The van der Waals surface area contributed by atoms with Crippen molar-refractivity contribution in [3.05, 3.63) is 71.8 Å². The van der Waals surface area contributed by atoms with E-state index in [1.807, 2.05) is 60.7 Å². The number of rotatable bonds is 7. The van der Waals surface area contributed by atoms with Crippen LogP contribution in [0.15, 0.2) is 60.7 Å². The van der Waals surface area contributed by atoms with Gasteiger partial charge in [0, 0.05) is 13.0 Å². The molecule has 150 valence electrons. The predicted molar refractivity (Wildman–Crippen MR) is 106 cm³/mol. The van der Waals surface area contributed by atoms with E-state index in [1.54, 1.807) is 20.8 Å². The van der Waals surface area contributed by atoms with Crippen molar-refractivity contribution in [1.82, 2.24) is 5.32 Å². The zero-order valence-corrected chi connectivity index (χ0v) is 16.4. The second-order valence-corrected chi connectivity index (χ2v) is 7.35. The lowest BCUT2D eigenvalue weighted by molar-refractivity contribution is -0.150. The molecule has 0 aliphatic rings. The standard InChI is InChI=1S/C22H27NO5/c1-22(2,3)28-21(26)23-18(14-15-24)20(25)27-19(16-10-6-4-7-11-16)17-12-8-5-9-13-17/h4-13,18-19,24H,14-15H2,1-3H3,(H,23,26)/t18-/m1/s1. The second-order valence-electron chi connectivity index (χ2n) is 7.35. The molecule has 0 aliphatic heterocycles. The number of hydrogen-bond donors (Lipinski definition) is 2. The van der Waals surface area contributed by atoms with Crippen LogP contribution in [0.3, 0.4) is 0 Å². The van der Waals surface area contributed by atoms with Gasteiger partial charge in [0.1, 0.15) is 11.6 Å². The first-order valence-electron chi connectivity index (χ1n) is 9.21. The van der Waals surface area contributed by atoms with E-state index in [0.29, 0.717) is 0 Å². The van der Waals surface area contributed by atoms with Crippen molar-refractivity contribution in [2.75, 3.05) is 6.61 Å². The van der Waals surface area contributed by atoms with Crippen molar-refractivity contribution < 1.29 is 24.2 Å². The van der Waals surface area contributed by atoms with Crippen LogP contribution in [0.1, 0.15) is 44.4 Å². The lowest BCUT2D eigenvalue weighted by atomic mass is 10.0. The van der Waals surface area contributed by atoms with Crippen molar-refractivity contribution in [3.8, 4) is 0 Å². The van der Waals surface area contributed by atoms with Crippen LogP contribution in [0.5, 0.6) is 0 Å². The van der Waals surface area contributed by atoms with Gasteiger partial charge in [-0.15, -0.1) is 0 Å². The highest BCUT2D eigenvalue weighted by atomic mass is 16.6. The molecule has 0 aliphatic carbocycles. The first-order chi connectivity index (χ1) is 13.3. The molecule has 0 fully saturated rings. The maximum atomic E-state index is 12.8. The first-order valence-corrected chi connectivity index (χ1v) is 9.21. The fourth-order valence-corrected chi connectivity index (χ4v) is 2.61. The van der Waals surface area contributed by atoms with Crippen molar-refractivity contribution in [2.45, 2.75) is 44.9 Å². The summed E-state index contributed by atoms with van der Waals surface area (Å²) in [4.78, 5) is 24.8. The van der Waals surface area contributed by atoms with Gasteiger partial charge < -0.3 is 19.9 Å². The molecular weight excluding hydrogens is 358 g/mol. The average Bonchev–Trinajstić information content (AvgIpc) is 2.65. The molecule has 0 spiro atoms. The highest BCUT2D eigenvalue weighted by Gasteiger charge is 2.28. The van der Waals surface area contributed by atoms with Gasteiger partial charge in [-0.05, 0) is 31.9 Å². The molecule has 0 aromatic heterocycles. The summed E-state index contributed by atoms with van der Waals surface area (Å²) in [7, 11) is 0. The Bertz CT molecular complexity index is 716. The second kappa shape index (κ2) is 9.90. The summed E-state index contributed by atoms with van der Waals surface area (Å²) in [5, 5.41) is 11.8. The number of hydrogen-bond acceptors (Lipinski definition) is 5. The molecule has 2 rings (SSSR count). The third-order valence-corrected chi connectivity index (χ3v) is 3.83. The lowest BCUT2D eigenvalue weighted by Gasteiger charge is -2.25. The summed E-state index contributed by atoms with van der Waals surface area (Å²) >= 11 is 0. The Labute approximate surface area is 165 Å². The van der Waals surface area contributed by atoms with E-state index >= 15 is 0 Å². The number of ether oxygens (including phenoxy) is 2. The summed E-state index contributed by atoms with van der Waals surface area (Å²) < 4.78 is 10.9. The van der Waals surface area contributed by atoms with Crippen molar-refractivity contribution >= 4 is 12.1 Å². The molecule has 6 nitrogen and oxygen atoms in total. The number of benzene rings is 2. The fraction of sp³-hybridized carbons (Fsp3) is 0.364. The Balaban J connectivity index is 2.19. The number of aliphatic hydroxyl groups excluding tert-OH is 1. The molecule has 2 aromatic rings. The van der Waals surface area contributed by atoms with E-state index in [1.165, 1.54) is 0 Å². The normalized spacial score (nSPS) is 12.3. The van der Waals surface area contributed by atoms with Crippen LogP contribution in [-0.2, 0) is 14.3 Å². The van der Waals surface area contributed by atoms with Crippen molar-refractivity contribution in [2.24, 2.45) is 0 Å². The summed E-state index contributed by atoms with van der Waals surface area (Å²) in [6.07, 6.45) is -1.34. The van der Waals surface area contributed by atoms with Crippen LogP contribution in [-0.4, -0.2) is 35.4 Å². The average molecular weight is 385 g/mol. The minimum Gasteiger partial charge on any atom is -0.451 e. The smallest absolute Gasteiger partial charge is 0.408 e. The van der Waals surface area contributed by atoms with Crippen LogP contribution < -0.4 is 5.32 Å². The number of alkyl carbamates (subject to hydrolysis) is 1. The van der Waals surface area contributed by atoms with Gasteiger partial charge in [0.2, 0.25) is 0 Å². The number of carbonyl (C=O) groups is 2. The SMILES string of the molecule is CC(C)(C)OC(=O)N[C@H](CCO)C(=O)OC(c1ccccc1)c1ccccc1. The minimum absolute atomic E-state index is 0.0222. The van der Waals surface area contributed by atoms with Gasteiger partial charge in [0.05, 0.1) is 0 Å². The molecule has 0 saturated heterocycles. The van der Waals surface area contributed by atoms with Gasteiger partial charge in [0.15, 0.2) is 6.10 Å². The molecule has 0 heterocycles. The van der Waals surface area contributed by atoms with E-state index < -0.39 is 29.8 Å². The van der Waals surface area contributed by atoms with Crippen LogP contribution in [0.25, 0.3) is 0 Å². The Morgan fingerprint density at radius 1 is 0.964 bits per heavy atom. The van der Waals surface area contributed by atoms with Gasteiger partial charge in [-0.25, -0.2) is 9.59 Å². The number of nitrogens with one attached hydrogen (secondary N) is 1. The summed E-state index contributed by atoms with van der Waals surface area (Å²) in [6.45, 7) is 4.91. The zero-order chi connectivity index (χ0) is 20.6. The van der Waals surface area contributed by atoms with E-state index in [4.69, 9.17) is 9.47 Å². The molecule has 0 radical (unpaired) electrons. The van der Waals surface area contributed by atoms with Crippen LogP contribution in [0, 0.1) is 0 Å². The maximum Gasteiger partial charge on any atom is 0.408 e. The van der Waals surface area contributed by atoms with Crippen molar-refractivity contribution in [1.29, 1.82) is 0 Å². The number of carbonyl (C=O) groups excluding carboxylic acids is 2. The topological polar surface area (TPSA) is 84.9 Å². The monoisotopic (exact) mass is 385 g/mol. The summed E-state index contributed by atoms with van der Waals surface area (Å²) in [5.74, 6) is -0.641. The minimum atomic E-state index is -1.02. The van der Waals surface area contributed by atoms with Crippen LogP contribution in [0.2, 0.25) is 0 Å². The highest BCUT2D eigenvalue weighted by molar-refractivity contribution is 5.81. The Hall–Kier alpha value is -2.86. The molecule has 0 bridgehead atoms. The Kier molecular flexibility index (Phi) is 7.58. The van der Waals surface area contributed by atoms with Crippen LogP contribution >= 0.6 is 0 Å². The largest absolute Gasteiger partial charge is 0.451 e. The molecule has 2 aromatic carbocycles. The number of aliphatic hydroxyl groups is 1. The number of amides is 1. The quantitative estimate of drug-likeness (QED) is 0.712. The van der Waals surface area contributed by atoms with Gasteiger partial charge in [-0.2, -0.15) is 0 Å². The van der Waals surface area contributed by atoms with Gasteiger partial charge in [-0.3, -0.25) is 0 Å². The third kappa shape index (κ3) is 6.70. The van der Waals surface area contributed by atoms with Gasteiger partial charge >= 0.3 is 12.1 Å². The fourth-order valence-electron chi connectivity index (χ4n) is 2.61. The lowest BCUT2D eigenvalue weighted by Crippen LogP contribution is -2.45. The Morgan fingerprint density at radius 2 is 1.46 bits per heavy atom. The van der Waals surface area contributed by atoms with E-state index in [2.05, 4.69) is 5.32 Å². The molecule has 0 saturated carbocycles. The van der Waals surface area contributed by atoms with E-state index in [-0.39, 0.29) is 13.0 Å². The molecular formula is C22H27NO5. The predicted octanol–water partition coefficient (Wildman–Crippen LogP) is 3.59. The Morgan fingerprint density at radius 3 is 1.89 bits per heavy atom. The molecule has 0 unspecified atom stereocenters. The van der Waals surface area contributed by atoms with Crippen molar-refractivity contribution in [3.63, 3.8) is 0 Å². The summed E-state index contributed by atoms with van der Waals surface area (Å²) in [6, 6.07) is 17.7. The van der Waals surface area contributed by atoms with Gasteiger partial charge in [-0.1, -0.05) is 60.7 Å². The van der Waals surface area contributed by atoms with Gasteiger partial charge in [0.25, 0.3) is 0 Å². The molecule has 2 N–H and O–H groups in total. The summed E-state index contributed by atoms with van der Waals surface area (Å²) in [5.41, 5.74) is 0.915. The van der Waals surface area contributed by atoms with E-state index in [9.17, 15) is 14.7 Å². The third-order valence-electron chi connectivity index (χ3n) is 3.83. The van der Waals surface area contributed by atoms with E-state index in [0.717, 1.165) is 11.1 Å². The number of esters is 1. The molecule has 1 atom stereocenters. The maximum absolute atomic E-state index is 12.8. The highest BCUT2D eigenvalue weighted by Crippen LogP contribution is 2.26. The zero-order valence-electron chi connectivity index (χ0n) is 16.4. The molecule has 6 heteroatoms. The first kappa shape index (κ1) is 21.4. The molecule has 1 amide bonds. The molecule has 28 heavy (non-hydrogen) atoms. The van der Waals surface area contributed by atoms with Crippen LogP contribution in [0.4, 0.5) is 4.79 Å².